The summed E-state index contributed by atoms with van der Waals surface area (Å²) in [6, 6.07) is -0.0279. The molecule has 1 heterocycles. The van der Waals surface area contributed by atoms with Crippen LogP contribution < -0.4 is 0 Å². The maximum absolute atomic E-state index is 12.2. The Morgan fingerprint density at radius 3 is 2.58 bits per heavy atom. The molecule has 0 aromatic carbocycles. The van der Waals surface area contributed by atoms with E-state index in [0.29, 0.717) is 17.3 Å². The lowest BCUT2D eigenvalue weighted by Gasteiger charge is -2.30. The van der Waals surface area contributed by atoms with Gasteiger partial charge >= 0.3 is 6.09 Å². The molecule has 3 atom stereocenters. The van der Waals surface area contributed by atoms with Crippen LogP contribution in [0.2, 0.25) is 0 Å². The Hall–Kier alpha value is -0.770. The summed E-state index contributed by atoms with van der Waals surface area (Å²) in [7, 11) is 0. The maximum atomic E-state index is 12.2. The molecule has 0 aromatic heterocycles. The Morgan fingerprint density at radius 1 is 1.37 bits per heavy atom. The number of aliphatic hydroxyl groups is 1. The number of amides is 1. The van der Waals surface area contributed by atoms with E-state index in [0.717, 1.165) is 6.54 Å². The van der Waals surface area contributed by atoms with E-state index in [9.17, 15) is 9.90 Å². The average molecular weight is 267 g/mol. The van der Waals surface area contributed by atoms with E-state index in [4.69, 9.17) is 4.74 Å². The number of aliphatic hydroxyl groups excluding tert-OH is 1. The first-order valence-corrected chi connectivity index (χ1v) is 7.44. The van der Waals surface area contributed by atoms with Gasteiger partial charge in [-0.2, -0.15) is 0 Å². The fraction of sp³-hybridized carbons (Fsp3) is 0.933. The molecule has 1 saturated heterocycles. The molecule has 0 bridgehead atoms. The topological polar surface area (TPSA) is 49.8 Å². The minimum Gasteiger partial charge on any atom is -0.444 e. The van der Waals surface area contributed by atoms with Gasteiger partial charge in [-0.05, 0) is 63.7 Å². The van der Waals surface area contributed by atoms with Gasteiger partial charge in [0.2, 0.25) is 0 Å². The summed E-state index contributed by atoms with van der Waals surface area (Å²) in [5.74, 6) is 1.06. The zero-order valence-corrected chi connectivity index (χ0v) is 12.2. The maximum Gasteiger partial charge on any atom is 0.410 e. The van der Waals surface area contributed by atoms with Gasteiger partial charge in [0.15, 0.2) is 0 Å². The smallest absolute Gasteiger partial charge is 0.410 e. The molecule has 4 heteroatoms. The standard InChI is InChI=1S/C15H25NO3/c1-14(2,3)19-13(18)16-8-10-6-15(4-5-15)7-11(10)12(16)9-17/h10-12,17H,4-9H2,1-3H3/t10-,11-,12+/m0/s1. The largest absolute Gasteiger partial charge is 0.444 e. The molecule has 2 saturated carbocycles. The first kappa shape index (κ1) is 13.2. The lowest BCUT2D eigenvalue weighted by Crippen LogP contribution is -2.43. The van der Waals surface area contributed by atoms with Crippen molar-refractivity contribution < 1.29 is 14.6 Å². The summed E-state index contributed by atoms with van der Waals surface area (Å²) in [6.45, 7) is 6.49. The molecule has 0 aromatic rings. The molecule has 2 aliphatic carbocycles. The van der Waals surface area contributed by atoms with Crippen molar-refractivity contribution in [2.45, 2.75) is 58.1 Å². The number of ether oxygens (including phenoxy) is 1. The number of likely N-dealkylation sites (tertiary alicyclic amines) is 1. The summed E-state index contributed by atoms with van der Waals surface area (Å²) in [5, 5.41) is 9.67. The summed E-state index contributed by atoms with van der Waals surface area (Å²) >= 11 is 0. The summed E-state index contributed by atoms with van der Waals surface area (Å²) in [6.07, 6.45) is 4.89. The van der Waals surface area contributed by atoms with Gasteiger partial charge in [0.25, 0.3) is 0 Å². The van der Waals surface area contributed by atoms with Gasteiger partial charge in [0.1, 0.15) is 5.60 Å². The number of hydrogen-bond acceptors (Lipinski definition) is 3. The lowest BCUT2D eigenvalue weighted by molar-refractivity contribution is 0.0133. The minimum atomic E-state index is -0.466. The molecule has 108 valence electrons. The summed E-state index contributed by atoms with van der Waals surface area (Å²) in [5.41, 5.74) is 0.120. The van der Waals surface area contributed by atoms with Crippen LogP contribution in [-0.2, 0) is 4.74 Å². The highest BCUT2D eigenvalue weighted by Crippen LogP contribution is 2.64. The molecule has 1 aliphatic heterocycles. The predicted octanol–water partition coefficient (Wildman–Crippen LogP) is 2.40. The van der Waals surface area contributed by atoms with Crippen molar-refractivity contribution in [2.24, 2.45) is 17.3 Å². The van der Waals surface area contributed by atoms with Gasteiger partial charge < -0.3 is 14.7 Å². The van der Waals surface area contributed by atoms with Gasteiger partial charge in [-0.15, -0.1) is 0 Å². The Morgan fingerprint density at radius 2 is 2.05 bits per heavy atom. The van der Waals surface area contributed by atoms with E-state index in [1.54, 1.807) is 4.90 Å². The molecular weight excluding hydrogens is 242 g/mol. The zero-order chi connectivity index (χ0) is 13.8. The first-order chi connectivity index (χ1) is 8.84. The highest BCUT2D eigenvalue weighted by Gasteiger charge is 2.58. The second-order valence-electron chi connectivity index (χ2n) is 7.71. The van der Waals surface area contributed by atoms with Gasteiger partial charge in [0.05, 0.1) is 12.6 Å². The van der Waals surface area contributed by atoms with E-state index in [2.05, 4.69) is 0 Å². The highest BCUT2D eigenvalue weighted by molar-refractivity contribution is 5.69. The second kappa shape index (κ2) is 4.11. The van der Waals surface area contributed by atoms with Crippen LogP contribution in [0.3, 0.4) is 0 Å². The Bertz CT molecular complexity index is 383. The Labute approximate surface area is 115 Å². The average Bonchev–Trinajstić information content (AvgIpc) is 2.78. The fourth-order valence-electron chi connectivity index (χ4n) is 4.08. The van der Waals surface area contributed by atoms with Crippen LogP contribution in [0, 0.1) is 17.3 Å². The van der Waals surface area contributed by atoms with E-state index < -0.39 is 5.60 Å². The molecule has 1 amide bonds. The van der Waals surface area contributed by atoms with Gasteiger partial charge in [-0.1, -0.05) is 0 Å². The van der Waals surface area contributed by atoms with Crippen molar-refractivity contribution >= 4 is 6.09 Å². The zero-order valence-electron chi connectivity index (χ0n) is 12.2. The predicted molar refractivity (Wildman–Crippen MR) is 71.7 cm³/mol. The fourth-order valence-corrected chi connectivity index (χ4v) is 4.08. The molecule has 1 N–H and O–H groups in total. The van der Waals surface area contributed by atoms with Crippen LogP contribution >= 0.6 is 0 Å². The molecule has 0 unspecified atom stereocenters. The van der Waals surface area contributed by atoms with Gasteiger partial charge in [-0.25, -0.2) is 4.79 Å². The molecule has 3 rings (SSSR count). The molecule has 3 aliphatic rings. The van der Waals surface area contributed by atoms with Gasteiger partial charge in [0, 0.05) is 6.54 Å². The van der Waals surface area contributed by atoms with Crippen molar-refractivity contribution in [1.82, 2.24) is 4.90 Å². The number of carbonyl (C=O) groups excluding carboxylic acids is 1. The van der Waals surface area contributed by atoms with Gasteiger partial charge in [-0.3, -0.25) is 0 Å². The summed E-state index contributed by atoms with van der Waals surface area (Å²) < 4.78 is 5.46. The Kier molecular flexibility index (Phi) is 2.86. The first-order valence-electron chi connectivity index (χ1n) is 7.44. The molecule has 4 nitrogen and oxygen atoms in total. The van der Waals surface area contributed by atoms with E-state index in [1.807, 2.05) is 20.8 Å². The third-order valence-corrected chi connectivity index (χ3v) is 5.07. The van der Waals surface area contributed by atoms with Crippen molar-refractivity contribution in [3.05, 3.63) is 0 Å². The van der Waals surface area contributed by atoms with Crippen molar-refractivity contribution in [1.29, 1.82) is 0 Å². The van der Waals surface area contributed by atoms with Crippen molar-refractivity contribution in [3.63, 3.8) is 0 Å². The highest BCUT2D eigenvalue weighted by atomic mass is 16.6. The van der Waals surface area contributed by atoms with Crippen molar-refractivity contribution in [3.8, 4) is 0 Å². The third-order valence-electron chi connectivity index (χ3n) is 5.07. The molecule has 0 radical (unpaired) electrons. The van der Waals surface area contributed by atoms with Crippen LogP contribution in [0.4, 0.5) is 4.79 Å². The summed E-state index contributed by atoms with van der Waals surface area (Å²) in [4.78, 5) is 14.0. The SMILES string of the molecule is CC(C)(C)OC(=O)N1C[C@@H]2CC3(CC3)C[C@@H]2[C@H]1CO. The molecular formula is C15H25NO3. The second-order valence-corrected chi connectivity index (χ2v) is 7.71. The third kappa shape index (κ3) is 2.35. The van der Waals surface area contributed by atoms with Crippen LogP contribution in [0.15, 0.2) is 0 Å². The molecule has 3 fully saturated rings. The number of rotatable bonds is 1. The Balaban J connectivity index is 1.69. The minimum absolute atomic E-state index is 0.0279. The molecule has 1 spiro atoms. The van der Waals surface area contributed by atoms with Crippen LogP contribution in [-0.4, -0.2) is 40.9 Å². The van der Waals surface area contributed by atoms with Crippen LogP contribution in [0.1, 0.15) is 46.5 Å². The van der Waals surface area contributed by atoms with E-state index >= 15 is 0 Å². The van der Waals surface area contributed by atoms with E-state index in [-0.39, 0.29) is 18.7 Å². The number of hydrogen-bond donors (Lipinski definition) is 1. The lowest BCUT2D eigenvalue weighted by atomic mass is 9.94. The molecule has 19 heavy (non-hydrogen) atoms. The monoisotopic (exact) mass is 267 g/mol. The number of carbonyl (C=O) groups is 1. The number of nitrogens with zero attached hydrogens (tertiary/aromatic N) is 1. The van der Waals surface area contributed by atoms with Crippen LogP contribution in [0.25, 0.3) is 0 Å². The van der Waals surface area contributed by atoms with Crippen molar-refractivity contribution in [2.75, 3.05) is 13.2 Å². The normalized spacial score (nSPS) is 35.6. The number of fused-ring (bicyclic) bond motifs is 1. The van der Waals surface area contributed by atoms with E-state index in [1.165, 1.54) is 25.7 Å². The van der Waals surface area contributed by atoms with Crippen LogP contribution in [0.5, 0.6) is 0 Å². The quantitative estimate of drug-likeness (QED) is 0.793.